The van der Waals surface area contributed by atoms with Crippen molar-refractivity contribution in [1.82, 2.24) is 14.9 Å². The summed E-state index contributed by atoms with van der Waals surface area (Å²) >= 11 is 0. The molecule has 1 aromatic heterocycles. The summed E-state index contributed by atoms with van der Waals surface area (Å²) in [7, 11) is 3.88. The highest BCUT2D eigenvalue weighted by Gasteiger charge is 2.13. The molecule has 0 fully saturated rings. The van der Waals surface area contributed by atoms with Gasteiger partial charge in [-0.3, -0.25) is 4.79 Å². The van der Waals surface area contributed by atoms with Crippen molar-refractivity contribution in [1.29, 1.82) is 0 Å². The molecule has 128 valence electrons. The van der Waals surface area contributed by atoms with Crippen molar-refractivity contribution in [2.45, 2.75) is 6.92 Å². The lowest BCUT2D eigenvalue weighted by atomic mass is 10.2. The van der Waals surface area contributed by atoms with Crippen LogP contribution in [0.25, 0.3) is 0 Å². The summed E-state index contributed by atoms with van der Waals surface area (Å²) < 4.78 is 26.5. The van der Waals surface area contributed by atoms with Gasteiger partial charge >= 0.3 is 0 Å². The summed E-state index contributed by atoms with van der Waals surface area (Å²) in [6.45, 7) is 3.12. The van der Waals surface area contributed by atoms with Gasteiger partial charge in [0.25, 0.3) is 5.91 Å². The van der Waals surface area contributed by atoms with E-state index in [1.54, 1.807) is 6.92 Å². The predicted octanol–water partition coefficient (Wildman–Crippen LogP) is 2.29. The van der Waals surface area contributed by atoms with Crippen LogP contribution in [0, 0.1) is 18.6 Å². The van der Waals surface area contributed by atoms with Crippen LogP contribution in [-0.2, 0) is 0 Å². The molecule has 24 heavy (non-hydrogen) atoms. The number of halogens is 2. The number of aromatic nitrogens is 2. The number of benzene rings is 1. The molecule has 1 heterocycles. The average Bonchev–Trinajstić information content (AvgIpc) is 2.49. The maximum atomic E-state index is 13.6. The third-order valence-corrected chi connectivity index (χ3v) is 3.11. The Morgan fingerprint density at radius 1 is 1.21 bits per heavy atom. The van der Waals surface area contributed by atoms with E-state index in [4.69, 9.17) is 0 Å². The van der Waals surface area contributed by atoms with Gasteiger partial charge in [-0.15, -0.1) is 0 Å². The molecule has 0 radical (unpaired) electrons. The van der Waals surface area contributed by atoms with E-state index in [-0.39, 0.29) is 11.4 Å². The molecule has 1 aromatic carbocycles. The summed E-state index contributed by atoms with van der Waals surface area (Å²) in [5, 5.41) is 5.40. The zero-order valence-corrected chi connectivity index (χ0v) is 13.7. The van der Waals surface area contributed by atoms with Gasteiger partial charge in [-0.05, 0) is 39.2 Å². The Morgan fingerprint density at radius 2 is 1.96 bits per heavy atom. The predicted molar refractivity (Wildman–Crippen MR) is 88.1 cm³/mol. The van der Waals surface area contributed by atoms with Crippen molar-refractivity contribution in [3.8, 4) is 0 Å². The van der Waals surface area contributed by atoms with Crippen LogP contribution in [0.5, 0.6) is 0 Å². The second-order valence-corrected chi connectivity index (χ2v) is 5.53. The second kappa shape index (κ2) is 7.78. The highest BCUT2D eigenvalue weighted by atomic mass is 19.1. The highest BCUT2D eigenvalue weighted by Crippen LogP contribution is 2.16. The second-order valence-electron chi connectivity index (χ2n) is 5.53. The molecule has 0 saturated carbocycles. The van der Waals surface area contributed by atoms with E-state index < -0.39 is 17.5 Å². The fourth-order valence-corrected chi connectivity index (χ4v) is 1.93. The van der Waals surface area contributed by atoms with E-state index in [0.717, 1.165) is 18.7 Å². The molecule has 2 N–H and O–H groups in total. The van der Waals surface area contributed by atoms with Crippen molar-refractivity contribution in [3.05, 3.63) is 47.3 Å². The van der Waals surface area contributed by atoms with Crippen LogP contribution < -0.4 is 10.6 Å². The summed E-state index contributed by atoms with van der Waals surface area (Å²) in [6, 6.07) is 4.42. The number of carbonyl (C=O) groups is 1. The van der Waals surface area contributed by atoms with Gasteiger partial charge in [0.15, 0.2) is 0 Å². The van der Waals surface area contributed by atoms with Crippen LogP contribution in [0.2, 0.25) is 0 Å². The molecule has 0 aliphatic heterocycles. The molecular weight excluding hydrogens is 316 g/mol. The van der Waals surface area contributed by atoms with Gasteiger partial charge in [-0.25, -0.2) is 18.7 Å². The third-order valence-electron chi connectivity index (χ3n) is 3.11. The number of hydrogen-bond donors (Lipinski definition) is 2. The van der Waals surface area contributed by atoms with E-state index >= 15 is 0 Å². The monoisotopic (exact) mass is 335 g/mol. The van der Waals surface area contributed by atoms with Gasteiger partial charge in [0, 0.05) is 24.8 Å². The largest absolute Gasteiger partial charge is 0.353 e. The first-order valence-corrected chi connectivity index (χ1v) is 7.36. The maximum absolute atomic E-state index is 13.6. The first kappa shape index (κ1) is 17.7. The Morgan fingerprint density at radius 3 is 2.62 bits per heavy atom. The van der Waals surface area contributed by atoms with Crippen LogP contribution in [0.3, 0.4) is 0 Å². The lowest BCUT2D eigenvalue weighted by Crippen LogP contribution is -2.22. The number of nitrogens with one attached hydrogen (secondary N) is 2. The SMILES string of the molecule is Cc1cc(C(=O)Nc2ccc(F)cc2F)nc(NCCN(C)C)n1. The van der Waals surface area contributed by atoms with Crippen molar-refractivity contribution in [2.24, 2.45) is 0 Å². The van der Waals surface area contributed by atoms with Crippen LogP contribution in [0.4, 0.5) is 20.4 Å². The molecule has 0 aliphatic rings. The Labute approximate surface area is 138 Å². The number of carbonyl (C=O) groups excluding carboxylic acids is 1. The third kappa shape index (κ3) is 4.95. The Balaban J connectivity index is 2.12. The molecule has 0 saturated heterocycles. The molecule has 0 unspecified atom stereocenters. The lowest BCUT2D eigenvalue weighted by molar-refractivity contribution is 0.102. The number of anilines is 2. The van der Waals surface area contributed by atoms with Gasteiger partial charge in [0.1, 0.15) is 17.3 Å². The number of nitrogens with zero attached hydrogens (tertiary/aromatic N) is 3. The van der Waals surface area contributed by atoms with Crippen molar-refractivity contribution in [2.75, 3.05) is 37.8 Å². The molecule has 0 aliphatic carbocycles. The van der Waals surface area contributed by atoms with E-state index in [1.165, 1.54) is 6.07 Å². The van der Waals surface area contributed by atoms with Crippen LogP contribution in [-0.4, -0.2) is 48.0 Å². The number of hydrogen-bond acceptors (Lipinski definition) is 5. The van der Waals surface area contributed by atoms with Crippen LogP contribution >= 0.6 is 0 Å². The summed E-state index contributed by atoms with van der Waals surface area (Å²) in [4.78, 5) is 22.6. The zero-order chi connectivity index (χ0) is 17.7. The minimum absolute atomic E-state index is 0.0959. The molecule has 2 aromatic rings. The Bertz CT molecular complexity index is 736. The van der Waals surface area contributed by atoms with Crippen molar-refractivity contribution in [3.63, 3.8) is 0 Å². The van der Waals surface area contributed by atoms with Gasteiger partial charge in [0.05, 0.1) is 5.69 Å². The fraction of sp³-hybridized carbons (Fsp3) is 0.312. The number of amides is 1. The zero-order valence-electron chi connectivity index (χ0n) is 13.7. The Kier molecular flexibility index (Phi) is 5.75. The highest BCUT2D eigenvalue weighted by molar-refractivity contribution is 6.03. The van der Waals surface area contributed by atoms with E-state index in [9.17, 15) is 13.6 Å². The van der Waals surface area contributed by atoms with E-state index in [2.05, 4.69) is 20.6 Å². The molecule has 8 heteroatoms. The average molecular weight is 335 g/mol. The number of aryl methyl sites for hydroxylation is 1. The normalized spacial score (nSPS) is 10.8. The first-order valence-electron chi connectivity index (χ1n) is 7.36. The minimum atomic E-state index is -0.849. The van der Waals surface area contributed by atoms with Gasteiger partial charge in [-0.2, -0.15) is 0 Å². The molecule has 1 amide bonds. The molecule has 0 atom stereocenters. The quantitative estimate of drug-likeness (QED) is 0.848. The Hall–Kier alpha value is -2.61. The van der Waals surface area contributed by atoms with Crippen molar-refractivity contribution < 1.29 is 13.6 Å². The first-order chi connectivity index (χ1) is 11.3. The van der Waals surface area contributed by atoms with Gasteiger partial charge in [-0.1, -0.05) is 0 Å². The minimum Gasteiger partial charge on any atom is -0.353 e. The molecule has 2 rings (SSSR count). The van der Waals surface area contributed by atoms with Crippen LogP contribution in [0.15, 0.2) is 24.3 Å². The maximum Gasteiger partial charge on any atom is 0.274 e. The topological polar surface area (TPSA) is 70.2 Å². The number of rotatable bonds is 6. The molecule has 6 nitrogen and oxygen atoms in total. The number of likely N-dealkylation sites (N-methyl/N-ethyl adjacent to an activating group) is 1. The summed E-state index contributed by atoms with van der Waals surface area (Å²) in [5.41, 5.74) is 0.584. The van der Waals surface area contributed by atoms with Crippen molar-refractivity contribution >= 4 is 17.5 Å². The van der Waals surface area contributed by atoms with E-state index in [1.807, 2.05) is 19.0 Å². The summed E-state index contributed by atoms with van der Waals surface area (Å²) in [5.74, 6) is -1.84. The lowest BCUT2D eigenvalue weighted by Gasteiger charge is -2.12. The smallest absolute Gasteiger partial charge is 0.274 e. The fourth-order valence-electron chi connectivity index (χ4n) is 1.93. The van der Waals surface area contributed by atoms with Gasteiger partial charge < -0.3 is 15.5 Å². The van der Waals surface area contributed by atoms with Gasteiger partial charge in [0.2, 0.25) is 5.95 Å². The molecule has 0 bridgehead atoms. The standard InChI is InChI=1S/C16H19F2N5O/c1-10-8-14(22-16(20-10)19-6-7-23(2)3)15(24)21-13-5-4-11(17)9-12(13)18/h4-5,8-9H,6-7H2,1-3H3,(H,21,24)(H,19,20,22). The molecule has 0 spiro atoms. The summed E-state index contributed by atoms with van der Waals surface area (Å²) in [6.07, 6.45) is 0. The van der Waals surface area contributed by atoms with E-state index in [0.29, 0.717) is 24.3 Å². The van der Waals surface area contributed by atoms with Crippen LogP contribution in [0.1, 0.15) is 16.2 Å². The molecular formula is C16H19F2N5O.